The topological polar surface area (TPSA) is 43.1 Å². The highest BCUT2D eigenvalue weighted by atomic mass is 16.5. The molecule has 0 fully saturated rings. The van der Waals surface area contributed by atoms with Gasteiger partial charge >= 0.3 is 0 Å². The molecule has 1 unspecified atom stereocenters. The molecule has 2 N–H and O–H groups in total. The second-order valence-corrected chi connectivity index (χ2v) is 6.19. The fraction of sp³-hybridized carbons (Fsp3) is 0.238. The van der Waals surface area contributed by atoms with E-state index in [9.17, 15) is 5.11 Å². The molecule has 130 valence electrons. The first-order valence-electron chi connectivity index (χ1n) is 8.45. The molecule has 0 aromatic heterocycles. The lowest BCUT2D eigenvalue weighted by Crippen LogP contribution is -3.08. The van der Waals surface area contributed by atoms with E-state index in [-0.39, 0.29) is 0 Å². The van der Waals surface area contributed by atoms with Crippen molar-refractivity contribution in [3.05, 3.63) is 66.2 Å². The van der Waals surface area contributed by atoms with Gasteiger partial charge in [0.25, 0.3) is 0 Å². The molecule has 3 aromatic carbocycles. The summed E-state index contributed by atoms with van der Waals surface area (Å²) in [5.41, 5.74) is 0.986. The van der Waals surface area contributed by atoms with Gasteiger partial charge in [-0.2, -0.15) is 0 Å². The summed E-state index contributed by atoms with van der Waals surface area (Å²) in [5, 5.41) is 12.5. The van der Waals surface area contributed by atoms with Crippen molar-refractivity contribution >= 4 is 10.8 Å². The van der Waals surface area contributed by atoms with E-state index in [1.165, 1.54) is 4.90 Å². The highest BCUT2D eigenvalue weighted by Crippen LogP contribution is 2.26. The first kappa shape index (κ1) is 17.1. The molecule has 3 aromatic rings. The Kier molecular flexibility index (Phi) is 5.41. The second-order valence-electron chi connectivity index (χ2n) is 6.19. The van der Waals surface area contributed by atoms with Gasteiger partial charge in [-0.05, 0) is 41.1 Å². The van der Waals surface area contributed by atoms with Gasteiger partial charge in [-0.15, -0.1) is 0 Å². The van der Waals surface area contributed by atoms with Gasteiger partial charge in [0.15, 0.2) is 0 Å². The van der Waals surface area contributed by atoms with Crippen LogP contribution in [0, 0.1) is 0 Å². The van der Waals surface area contributed by atoms with Gasteiger partial charge in [-0.1, -0.05) is 30.3 Å². The molecule has 3 rings (SSSR count). The molecule has 0 radical (unpaired) electrons. The number of rotatable bonds is 7. The predicted octanol–water partition coefficient (Wildman–Crippen LogP) is 2.65. The number of phenols is 1. The molecule has 4 nitrogen and oxygen atoms in total. The average Bonchev–Trinajstić information content (AvgIpc) is 2.65. The van der Waals surface area contributed by atoms with Crippen molar-refractivity contribution in [1.82, 2.24) is 0 Å². The van der Waals surface area contributed by atoms with E-state index in [0.29, 0.717) is 12.4 Å². The molecule has 0 heterocycles. The van der Waals surface area contributed by atoms with E-state index in [2.05, 4.69) is 19.2 Å². The highest BCUT2D eigenvalue weighted by molar-refractivity contribution is 5.87. The van der Waals surface area contributed by atoms with Crippen molar-refractivity contribution in [1.29, 1.82) is 0 Å². The molecule has 1 atom stereocenters. The van der Waals surface area contributed by atoms with Crippen molar-refractivity contribution in [2.24, 2.45) is 0 Å². The van der Waals surface area contributed by atoms with E-state index in [1.54, 1.807) is 13.2 Å². The lowest BCUT2D eigenvalue weighted by atomic mass is 10.0. The lowest BCUT2D eigenvalue weighted by molar-refractivity contribution is -0.893. The number of aromatic hydroxyl groups is 1. The first-order valence-corrected chi connectivity index (χ1v) is 8.45. The van der Waals surface area contributed by atoms with Crippen LogP contribution in [0.5, 0.6) is 17.2 Å². The molecule has 0 amide bonds. The third-order valence-electron chi connectivity index (χ3n) is 4.35. The van der Waals surface area contributed by atoms with Gasteiger partial charge in [0.1, 0.15) is 36.9 Å². The third-order valence-corrected chi connectivity index (χ3v) is 4.35. The number of phenolic OH excluding ortho intramolecular Hbond substituents is 1. The summed E-state index contributed by atoms with van der Waals surface area (Å²) in [4.78, 5) is 1.28. The van der Waals surface area contributed by atoms with E-state index in [4.69, 9.17) is 9.47 Å². The monoisotopic (exact) mass is 338 g/mol. The maximum atomic E-state index is 10.3. The molecule has 25 heavy (non-hydrogen) atoms. The summed E-state index contributed by atoms with van der Waals surface area (Å²) < 4.78 is 10.9. The molecule has 0 saturated heterocycles. The highest BCUT2D eigenvalue weighted by Gasteiger charge is 2.12. The lowest BCUT2D eigenvalue weighted by Gasteiger charge is -2.17. The number of likely N-dealkylation sites (N-methyl/N-ethyl adjacent to an activating group) is 1. The van der Waals surface area contributed by atoms with Gasteiger partial charge < -0.3 is 19.5 Å². The predicted molar refractivity (Wildman–Crippen MR) is 99.6 cm³/mol. The van der Waals surface area contributed by atoms with Crippen LogP contribution in [-0.4, -0.2) is 32.4 Å². The zero-order valence-corrected chi connectivity index (χ0v) is 14.7. The van der Waals surface area contributed by atoms with Gasteiger partial charge in [0, 0.05) is 0 Å². The molecule has 0 spiro atoms. The molecule has 4 heteroatoms. The van der Waals surface area contributed by atoms with E-state index in [0.717, 1.165) is 40.9 Å². The summed E-state index contributed by atoms with van der Waals surface area (Å²) in [6.45, 7) is 2.21. The van der Waals surface area contributed by atoms with Gasteiger partial charge in [0.2, 0.25) is 0 Å². The normalized spacial score (nSPS) is 12.1. The number of benzene rings is 3. The van der Waals surface area contributed by atoms with Gasteiger partial charge in [-0.3, -0.25) is 0 Å². The van der Waals surface area contributed by atoms with Gasteiger partial charge in [-0.25, -0.2) is 0 Å². The Morgan fingerprint density at radius 2 is 1.64 bits per heavy atom. The zero-order valence-electron chi connectivity index (χ0n) is 14.7. The van der Waals surface area contributed by atoms with Crippen LogP contribution in [0.2, 0.25) is 0 Å². The molecule has 0 aliphatic carbocycles. The Morgan fingerprint density at radius 3 is 2.40 bits per heavy atom. The standard InChI is InChI=1S/C21H23NO3/c1-22(13-14-25-18-10-8-17(24-2)9-11-18)15-20-19-6-4-3-5-16(19)7-12-21(20)23/h3-12,23H,13-15H2,1-2H3/p+1. The zero-order chi connectivity index (χ0) is 17.6. The Morgan fingerprint density at radius 1 is 0.920 bits per heavy atom. The fourth-order valence-corrected chi connectivity index (χ4v) is 2.92. The first-order chi connectivity index (χ1) is 12.2. The van der Waals surface area contributed by atoms with Crippen LogP contribution in [0.3, 0.4) is 0 Å². The van der Waals surface area contributed by atoms with Crippen molar-refractivity contribution in [2.45, 2.75) is 6.54 Å². The fourth-order valence-electron chi connectivity index (χ4n) is 2.92. The SMILES string of the molecule is COc1ccc(OCC[NH+](C)Cc2c(O)ccc3ccccc23)cc1. The maximum Gasteiger partial charge on any atom is 0.137 e. The number of methoxy groups -OCH3 is 1. The summed E-state index contributed by atoms with van der Waals surface area (Å²) in [6.07, 6.45) is 0. The minimum Gasteiger partial charge on any atom is -0.507 e. The van der Waals surface area contributed by atoms with Crippen molar-refractivity contribution in [3.8, 4) is 17.2 Å². The van der Waals surface area contributed by atoms with Crippen LogP contribution in [0.15, 0.2) is 60.7 Å². The van der Waals surface area contributed by atoms with E-state index < -0.39 is 0 Å². The minimum absolute atomic E-state index is 0.356. The average molecular weight is 338 g/mol. The largest absolute Gasteiger partial charge is 0.507 e. The number of quaternary nitrogens is 1. The van der Waals surface area contributed by atoms with Crippen molar-refractivity contribution < 1.29 is 19.5 Å². The summed E-state index contributed by atoms with van der Waals surface area (Å²) in [6, 6.07) is 19.5. The number of fused-ring (bicyclic) bond motifs is 1. The van der Waals surface area contributed by atoms with Crippen molar-refractivity contribution in [2.75, 3.05) is 27.3 Å². The molecule has 0 saturated carbocycles. The van der Waals surface area contributed by atoms with Crippen LogP contribution >= 0.6 is 0 Å². The summed E-state index contributed by atoms with van der Waals surface area (Å²) in [7, 11) is 3.76. The quantitative estimate of drug-likeness (QED) is 0.696. The van der Waals surface area contributed by atoms with Crippen LogP contribution in [0.4, 0.5) is 0 Å². The van der Waals surface area contributed by atoms with Crippen molar-refractivity contribution in [3.63, 3.8) is 0 Å². The molecule has 0 aliphatic heterocycles. The second kappa shape index (κ2) is 7.90. The number of nitrogens with one attached hydrogen (secondary N) is 1. The van der Waals surface area contributed by atoms with Gasteiger partial charge in [0.05, 0.1) is 19.7 Å². The van der Waals surface area contributed by atoms with E-state index >= 15 is 0 Å². The molecular formula is C21H24NO3+. The van der Waals surface area contributed by atoms with Crippen LogP contribution in [0.1, 0.15) is 5.56 Å². The smallest absolute Gasteiger partial charge is 0.137 e. The molecule has 0 bridgehead atoms. The Hall–Kier alpha value is -2.72. The summed E-state index contributed by atoms with van der Waals surface area (Å²) >= 11 is 0. The minimum atomic E-state index is 0.356. The number of hydrogen-bond donors (Lipinski definition) is 2. The molecular weight excluding hydrogens is 314 g/mol. The third kappa shape index (κ3) is 4.22. The Balaban J connectivity index is 1.59. The van der Waals surface area contributed by atoms with E-state index in [1.807, 2.05) is 42.5 Å². The number of hydrogen-bond acceptors (Lipinski definition) is 3. The van der Waals surface area contributed by atoms with Crippen LogP contribution in [0.25, 0.3) is 10.8 Å². The maximum absolute atomic E-state index is 10.3. The Bertz CT molecular complexity index is 830. The summed E-state index contributed by atoms with van der Waals surface area (Å²) in [5.74, 6) is 2.01. The molecule has 0 aliphatic rings. The van der Waals surface area contributed by atoms with Crippen LogP contribution < -0.4 is 14.4 Å². The number of ether oxygens (including phenoxy) is 2. The Labute approximate surface area is 148 Å². The van der Waals surface area contributed by atoms with Crippen LogP contribution in [-0.2, 0) is 6.54 Å².